The fourth-order valence-corrected chi connectivity index (χ4v) is 2.59. The second kappa shape index (κ2) is 5.57. The van der Waals surface area contributed by atoms with Crippen molar-refractivity contribution in [3.63, 3.8) is 0 Å². The molecule has 0 spiro atoms. The van der Waals surface area contributed by atoms with E-state index in [2.05, 4.69) is 50.1 Å². The third kappa shape index (κ3) is 3.24. The Bertz CT molecular complexity index is 569. The van der Waals surface area contributed by atoms with Gasteiger partial charge in [0.2, 0.25) is 0 Å². The Balaban J connectivity index is 2.07. The summed E-state index contributed by atoms with van der Waals surface area (Å²) in [7, 11) is 1.98. The number of hydrogen-bond donors (Lipinski definition) is 1. The molecule has 0 bridgehead atoms. The van der Waals surface area contributed by atoms with Crippen molar-refractivity contribution in [1.29, 1.82) is 0 Å². The van der Waals surface area contributed by atoms with Gasteiger partial charge in [0.1, 0.15) is 0 Å². The molecule has 1 heterocycles. The fourth-order valence-electron chi connectivity index (χ4n) is 2.59. The summed E-state index contributed by atoms with van der Waals surface area (Å²) in [6.07, 6.45) is 1.80. The zero-order valence-electron chi connectivity index (χ0n) is 12.3. The van der Waals surface area contributed by atoms with Gasteiger partial charge >= 0.3 is 0 Å². The molecule has 1 aromatic carbocycles. The monoisotopic (exact) mass is 257 g/mol. The first kappa shape index (κ1) is 13.8. The summed E-state index contributed by atoms with van der Waals surface area (Å²) in [5, 5.41) is 4.45. The molecule has 3 nitrogen and oxygen atoms in total. The molecule has 0 aliphatic carbocycles. The van der Waals surface area contributed by atoms with Crippen LogP contribution in [0.4, 0.5) is 0 Å². The average Bonchev–Trinajstić information content (AvgIpc) is 2.56. The van der Waals surface area contributed by atoms with Crippen LogP contribution < -0.4 is 5.73 Å². The molecule has 19 heavy (non-hydrogen) atoms. The van der Waals surface area contributed by atoms with Crippen molar-refractivity contribution < 1.29 is 0 Å². The van der Waals surface area contributed by atoms with Gasteiger partial charge in [-0.15, -0.1) is 0 Å². The van der Waals surface area contributed by atoms with Gasteiger partial charge in [0.25, 0.3) is 0 Å². The number of hydrogen-bond acceptors (Lipinski definition) is 2. The molecule has 2 rings (SSSR count). The van der Waals surface area contributed by atoms with E-state index in [1.54, 1.807) is 0 Å². The lowest BCUT2D eigenvalue weighted by molar-refractivity contribution is 0.658. The molecule has 0 saturated carbocycles. The smallest absolute Gasteiger partial charge is 0.0628 e. The highest BCUT2D eigenvalue weighted by Gasteiger charge is 2.13. The van der Waals surface area contributed by atoms with Crippen molar-refractivity contribution >= 4 is 0 Å². The Labute approximate surface area is 115 Å². The van der Waals surface area contributed by atoms with E-state index in [0.29, 0.717) is 0 Å². The summed E-state index contributed by atoms with van der Waals surface area (Å²) in [6.45, 7) is 6.28. The molecule has 0 amide bonds. The van der Waals surface area contributed by atoms with E-state index < -0.39 is 0 Å². The third-order valence-electron chi connectivity index (χ3n) is 3.71. The van der Waals surface area contributed by atoms with Crippen LogP contribution in [-0.4, -0.2) is 15.8 Å². The number of nitrogens with zero attached hydrogens (tertiary/aromatic N) is 2. The molecule has 1 unspecified atom stereocenters. The number of nitrogens with two attached hydrogens (primary N) is 1. The predicted octanol–water partition coefficient (Wildman–Crippen LogP) is 2.46. The van der Waals surface area contributed by atoms with Gasteiger partial charge in [0.05, 0.1) is 5.69 Å². The Kier molecular flexibility index (Phi) is 4.05. The number of aromatic nitrogens is 2. The maximum atomic E-state index is 6.30. The molecule has 0 fully saturated rings. The Morgan fingerprint density at radius 3 is 2.53 bits per heavy atom. The molecule has 102 valence electrons. The van der Waals surface area contributed by atoms with Crippen LogP contribution in [0.1, 0.15) is 28.1 Å². The van der Waals surface area contributed by atoms with E-state index in [9.17, 15) is 0 Å². The van der Waals surface area contributed by atoms with E-state index in [4.69, 9.17) is 5.73 Å². The highest BCUT2D eigenvalue weighted by atomic mass is 15.3. The van der Waals surface area contributed by atoms with E-state index in [0.717, 1.165) is 18.5 Å². The first-order valence-corrected chi connectivity index (χ1v) is 6.77. The maximum absolute atomic E-state index is 6.30. The van der Waals surface area contributed by atoms with Crippen molar-refractivity contribution in [2.45, 2.75) is 39.7 Å². The summed E-state index contributed by atoms with van der Waals surface area (Å²) in [5.74, 6) is 0. The van der Waals surface area contributed by atoms with Crippen molar-refractivity contribution in [1.82, 2.24) is 9.78 Å². The van der Waals surface area contributed by atoms with Crippen LogP contribution in [-0.2, 0) is 19.9 Å². The van der Waals surface area contributed by atoms with Crippen LogP contribution in [0.2, 0.25) is 0 Å². The van der Waals surface area contributed by atoms with Crippen molar-refractivity contribution in [2.75, 3.05) is 0 Å². The first-order valence-electron chi connectivity index (χ1n) is 6.77. The normalized spacial score (nSPS) is 12.7. The molecular weight excluding hydrogens is 234 g/mol. The van der Waals surface area contributed by atoms with Crippen LogP contribution in [0.15, 0.2) is 24.3 Å². The molecule has 3 heteroatoms. The van der Waals surface area contributed by atoms with E-state index in [1.165, 1.54) is 22.4 Å². The van der Waals surface area contributed by atoms with Crippen LogP contribution in [0, 0.1) is 20.8 Å². The topological polar surface area (TPSA) is 43.8 Å². The molecule has 1 aromatic heterocycles. The molecule has 0 radical (unpaired) electrons. The Morgan fingerprint density at radius 1 is 1.21 bits per heavy atom. The molecule has 0 aliphatic heterocycles. The van der Waals surface area contributed by atoms with Crippen LogP contribution >= 0.6 is 0 Å². The maximum Gasteiger partial charge on any atom is 0.0628 e. The fraction of sp³-hybridized carbons (Fsp3) is 0.438. The first-order chi connectivity index (χ1) is 8.97. The summed E-state index contributed by atoms with van der Waals surface area (Å²) in [5.41, 5.74) is 12.5. The number of aryl methyl sites for hydroxylation is 3. The molecule has 2 N–H and O–H groups in total. The van der Waals surface area contributed by atoms with E-state index in [1.807, 2.05) is 11.7 Å². The minimum absolute atomic E-state index is 0.142. The SMILES string of the molecule is Cc1cccc(CC(N)Cc2c(C)nn(C)c2C)c1. The second-order valence-electron chi connectivity index (χ2n) is 5.43. The van der Waals surface area contributed by atoms with E-state index >= 15 is 0 Å². The largest absolute Gasteiger partial charge is 0.327 e. The van der Waals surface area contributed by atoms with Gasteiger partial charge in [-0.25, -0.2) is 0 Å². The van der Waals surface area contributed by atoms with Crippen LogP contribution in [0.25, 0.3) is 0 Å². The zero-order chi connectivity index (χ0) is 14.0. The van der Waals surface area contributed by atoms with Crippen molar-refractivity contribution in [3.8, 4) is 0 Å². The summed E-state index contributed by atoms with van der Waals surface area (Å²) < 4.78 is 1.93. The van der Waals surface area contributed by atoms with Gasteiger partial charge in [0, 0.05) is 18.8 Å². The minimum Gasteiger partial charge on any atom is -0.327 e. The number of benzene rings is 1. The third-order valence-corrected chi connectivity index (χ3v) is 3.71. The zero-order valence-corrected chi connectivity index (χ0v) is 12.3. The lowest BCUT2D eigenvalue weighted by Gasteiger charge is -2.12. The molecule has 0 aliphatic rings. The van der Waals surface area contributed by atoms with Crippen molar-refractivity contribution in [2.24, 2.45) is 12.8 Å². The molecule has 1 atom stereocenters. The van der Waals surface area contributed by atoms with Gasteiger partial charge in [0.15, 0.2) is 0 Å². The second-order valence-corrected chi connectivity index (χ2v) is 5.43. The van der Waals surface area contributed by atoms with Gasteiger partial charge in [-0.05, 0) is 44.7 Å². The standard InChI is InChI=1S/C16H23N3/c1-11-6-5-7-14(8-11)9-15(17)10-16-12(2)18-19(4)13(16)3/h5-8,15H,9-10,17H2,1-4H3. The van der Waals surface area contributed by atoms with E-state index in [-0.39, 0.29) is 6.04 Å². The summed E-state index contributed by atoms with van der Waals surface area (Å²) >= 11 is 0. The lowest BCUT2D eigenvalue weighted by atomic mass is 9.98. The van der Waals surface area contributed by atoms with Crippen molar-refractivity contribution in [3.05, 3.63) is 52.3 Å². The number of rotatable bonds is 4. The van der Waals surface area contributed by atoms with Gasteiger partial charge < -0.3 is 5.73 Å². The van der Waals surface area contributed by atoms with Crippen LogP contribution in [0.5, 0.6) is 0 Å². The van der Waals surface area contributed by atoms with Gasteiger partial charge in [-0.1, -0.05) is 29.8 Å². The Morgan fingerprint density at radius 2 is 1.95 bits per heavy atom. The highest BCUT2D eigenvalue weighted by molar-refractivity contribution is 5.27. The molecule has 0 saturated heterocycles. The summed E-state index contributed by atoms with van der Waals surface area (Å²) in [6, 6.07) is 8.71. The van der Waals surface area contributed by atoms with Crippen LogP contribution in [0.3, 0.4) is 0 Å². The average molecular weight is 257 g/mol. The lowest BCUT2D eigenvalue weighted by Crippen LogP contribution is -2.26. The highest BCUT2D eigenvalue weighted by Crippen LogP contribution is 2.15. The Hall–Kier alpha value is -1.61. The van der Waals surface area contributed by atoms with Gasteiger partial charge in [-0.2, -0.15) is 5.10 Å². The quantitative estimate of drug-likeness (QED) is 0.914. The minimum atomic E-state index is 0.142. The summed E-state index contributed by atoms with van der Waals surface area (Å²) in [4.78, 5) is 0. The van der Waals surface area contributed by atoms with Gasteiger partial charge in [-0.3, -0.25) is 4.68 Å². The molecule has 2 aromatic rings. The molecular formula is C16H23N3. The predicted molar refractivity (Wildman–Crippen MR) is 79.2 cm³/mol.